The molecule has 0 heterocycles. The molecule has 0 rings (SSSR count). The summed E-state index contributed by atoms with van der Waals surface area (Å²) in [5.74, 6) is 0.482. The Labute approximate surface area is 152 Å². The molecule has 0 saturated carbocycles. The minimum atomic E-state index is -1.83. The first-order chi connectivity index (χ1) is 11.8. The van der Waals surface area contributed by atoms with Crippen molar-refractivity contribution in [1.82, 2.24) is 0 Å². The predicted molar refractivity (Wildman–Crippen MR) is 101 cm³/mol. The second-order valence-electron chi connectivity index (χ2n) is 5.48. The average molecular weight is 361 g/mol. The number of nitrogens with two attached hydrogens (primary N) is 1. The van der Waals surface area contributed by atoms with Crippen LogP contribution in [0.1, 0.15) is 66.2 Å². The summed E-state index contributed by atoms with van der Waals surface area (Å²) in [6.07, 6.45) is 8.09. The number of ether oxygens (including phenoxy) is 1. The largest absolute Gasteiger partial charge is 0.463 e. The Morgan fingerprint density at radius 3 is 2.16 bits per heavy atom. The van der Waals surface area contributed by atoms with Gasteiger partial charge in [0.2, 0.25) is 0 Å². The van der Waals surface area contributed by atoms with Crippen LogP contribution in [0.5, 0.6) is 0 Å². The first kappa shape index (κ1) is 28.1. The Bertz CT molecular complexity index is 380. The maximum atomic E-state index is 11.3. The van der Waals surface area contributed by atoms with Crippen molar-refractivity contribution in [3.8, 4) is 0 Å². The number of halogens is 1. The maximum absolute atomic E-state index is 11.3. The fourth-order valence-electron chi connectivity index (χ4n) is 2.33. The Morgan fingerprint density at radius 1 is 1.28 bits per heavy atom. The smallest absolute Gasteiger partial charge is 0.394 e. The average Bonchev–Trinajstić information content (AvgIpc) is 2.55. The summed E-state index contributed by atoms with van der Waals surface area (Å²) in [5.41, 5.74) is 5.26. The lowest BCUT2D eigenvalue weighted by Gasteiger charge is -2.21. The molecule has 0 spiro atoms. The molecule has 0 aromatic carbocycles. The predicted octanol–water partition coefficient (Wildman–Crippen LogP) is 4.69. The summed E-state index contributed by atoms with van der Waals surface area (Å²) in [6, 6.07) is 0. The monoisotopic (exact) mass is 361 g/mol. The van der Waals surface area contributed by atoms with Gasteiger partial charge in [0.25, 0.3) is 0 Å². The van der Waals surface area contributed by atoms with Gasteiger partial charge in [0.05, 0.1) is 6.10 Å². The zero-order chi connectivity index (χ0) is 20.3. The Hall–Kier alpha value is -1.69. The van der Waals surface area contributed by atoms with Crippen LogP contribution in [0.2, 0.25) is 0 Å². The van der Waals surface area contributed by atoms with Crippen LogP contribution in [-0.4, -0.2) is 30.5 Å². The molecule has 0 aliphatic carbocycles. The lowest BCUT2D eigenvalue weighted by molar-refractivity contribution is -0.148. The van der Waals surface area contributed by atoms with Gasteiger partial charge in [0.15, 0.2) is 0 Å². The zero-order valence-electron chi connectivity index (χ0n) is 16.4. The number of carbonyl (C=O) groups excluding carboxylic acids is 2. The van der Waals surface area contributed by atoms with Gasteiger partial charge in [-0.15, -0.1) is 4.39 Å². The molecule has 0 saturated heterocycles. The zero-order valence-corrected chi connectivity index (χ0v) is 16.4. The standard InChI is InChI=1S/C17H30O2.CH2FNO.CH4O/c1-6-10-16(11-7-2)13-15(8-3)12-14(5)19-17(18)9-4;2-1(3)4;1-2/h6,10,14-15H,1,7-9,11-13H2,2-5H3;(H2,3,4);2H,1H3/b16-10+;;. The molecule has 3 N–H and O–H groups in total. The molecule has 0 aromatic heterocycles. The van der Waals surface area contributed by atoms with Crippen molar-refractivity contribution in [2.75, 3.05) is 7.11 Å². The van der Waals surface area contributed by atoms with E-state index in [4.69, 9.17) is 14.6 Å². The van der Waals surface area contributed by atoms with Crippen LogP contribution in [0.4, 0.5) is 9.18 Å². The molecule has 148 valence electrons. The molecule has 1 amide bonds. The molecule has 6 heteroatoms. The first-order valence-corrected chi connectivity index (χ1v) is 8.70. The van der Waals surface area contributed by atoms with Crippen molar-refractivity contribution in [1.29, 1.82) is 0 Å². The van der Waals surface area contributed by atoms with E-state index in [1.54, 1.807) is 0 Å². The normalized spacial score (nSPS) is 12.5. The molecule has 0 bridgehead atoms. The van der Waals surface area contributed by atoms with E-state index in [2.05, 4.69) is 32.2 Å². The SMILES string of the molecule is C=C/C=C(\CCC)CC(CC)CC(C)OC(=O)CC.CO.NC(=O)F. The minimum Gasteiger partial charge on any atom is -0.463 e. The van der Waals surface area contributed by atoms with E-state index < -0.39 is 6.16 Å². The number of aliphatic hydroxyl groups is 1. The number of aliphatic hydroxyl groups excluding tert-OH is 1. The van der Waals surface area contributed by atoms with E-state index >= 15 is 0 Å². The van der Waals surface area contributed by atoms with Gasteiger partial charge in [-0.25, -0.2) is 4.79 Å². The summed E-state index contributed by atoms with van der Waals surface area (Å²) >= 11 is 0. The van der Waals surface area contributed by atoms with Crippen molar-refractivity contribution in [3.05, 3.63) is 24.3 Å². The van der Waals surface area contributed by atoms with Gasteiger partial charge in [-0.3, -0.25) is 4.79 Å². The third-order valence-electron chi connectivity index (χ3n) is 3.34. The number of hydrogen-bond donors (Lipinski definition) is 2. The summed E-state index contributed by atoms with van der Waals surface area (Å²) < 4.78 is 15.5. The molecule has 2 atom stereocenters. The fraction of sp³-hybridized carbons (Fsp3) is 0.684. The number of esters is 1. The maximum Gasteiger partial charge on any atom is 0.394 e. The Morgan fingerprint density at radius 2 is 1.80 bits per heavy atom. The van der Waals surface area contributed by atoms with Gasteiger partial charge in [0.1, 0.15) is 0 Å². The highest BCUT2D eigenvalue weighted by Crippen LogP contribution is 2.24. The molecule has 5 nitrogen and oxygen atoms in total. The second kappa shape index (κ2) is 20.4. The highest BCUT2D eigenvalue weighted by Gasteiger charge is 2.15. The van der Waals surface area contributed by atoms with Crippen LogP contribution < -0.4 is 5.73 Å². The molecule has 0 fully saturated rings. The molecule has 25 heavy (non-hydrogen) atoms. The molecular formula is C19H36FNO4. The lowest BCUT2D eigenvalue weighted by atomic mass is 9.90. The van der Waals surface area contributed by atoms with E-state index in [1.807, 2.05) is 19.9 Å². The van der Waals surface area contributed by atoms with Gasteiger partial charge in [0, 0.05) is 13.5 Å². The lowest BCUT2D eigenvalue weighted by Crippen LogP contribution is -2.18. The Balaban J connectivity index is -0.000000701. The van der Waals surface area contributed by atoms with Crippen LogP contribution >= 0.6 is 0 Å². The van der Waals surface area contributed by atoms with Gasteiger partial charge in [-0.2, -0.15) is 0 Å². The van der Waals surface area contributed by atoms with E-state index in [0.717, 1.165) is 39.2 Å². The topological polar surface area (TPSA) is 89.6 Å². The molecular weight excluding hydrogens is 325 g/mol. The summed E-state index contributed by atoms with van der Waals surface area (Å²) in [5, 5.41) is 7.00. The van der Waals surface area contributed by atoms with Crippen molar-refractivity contribution < 1.29 is 23.8 Å². The number of primary amides is 1. The molecule has 0 aliphatic rings. The summed E-state index contributed by atoms with van der Waals surface area (Å²) in [6.45, 7) is 12.0. The van der Waals surface area contributed by atoms with Gasteiger partial charge in [-0.05, 0) is 32.1 Å². The van der Waals surface area contributed by atoms with E-state index in [1.165, 1.54) is 5.57 Å². The van der Waals surface area contributed by atoms with E-state index in [-0.39, 0.29) is 12.1 Å². The van der Waals surface area contributed by atoms with Crippen LogP contribution in [0, 0.1) is 5.92 Å². The van der Waals surface area contributed by atoms with Gasteiger partial charge < -0.3 is 15.6 Å². The van der Waals surface area contributed by atoms with Crippen molar-refractivity contribution >= 4 is 12.1 Å². The van der Waals surface area contributed by atoms with Crippen molar-refractivity contribution in [3.63, 3.8) is 0 Å². The third kappa shape index (κ3) is 22.3. The quantitative estimate of drug-likeness (QED) is 0.256. The molecule has 0 aliphatic heterocycles. The van der Waals surface area contributed by atoms with Crippen LogP contribution in [0.15, 0.2) is 24.3 Å². The van der Waals surface area contributed by atoms with Crippen molar-refractivity contribution in [2.45, 2.75) is 72.3 Å². The third-order valence-corrected chi connectivity index (χ3v) is 3.34. The van der Waals surface area contributed by atoms with E-state index in [0.29, 0.717) is 12.3 Å². The first-order valence-electron chi connectivity index (χ1n) is 8.70. The van der Waals surface area contributed by atoms with E-state index in [9.17, 15) is 9.18 Å². The Kier molecular flexibility index (Phi) is 22.9. The molecule has 2 unspecified atom stereocenters. The number of allylic oxidation sites excluding steroid dienone is 3. The van der Waals surface area contributed by atoms with Crippen molar-refractivity contribution in [2.24, 2.45) is 11.7 Å². The van der Waals surface area contributed by atoms with Crippen LogP contribution in [-0.2, 0) is 9.53 Å². The number of rotatable bonds is 10. The fourth-order valence-corrected chi connectivity index (χ4v) is 2.33. The summed E-state index contributed by atoms with van der Waals surface area (Å²) in [7, 11) is 1.00. The number of carbonyl (C=O) groups is 2. The molecule has 0 aromatic rings. The number of amides is 1. The summed E-state index contributed by atoms with van der Waals surface area (Å²) in [4.78, 5) is 19.8. The minimum absolute atomic E-state index is 0.0176. The van der Waals surface area contributed by atoms with Gasteiger partial charge >= 0.3 is 12.1 Å². The highest BCUT2D eigenvalue weighted by molar-refractivity contribution is 5.69. The van der Waals surface area contributed by atoms with Crippen LogP contribution in [0.3, 0.4) is 0 Å². The second-order valence-corrected chi connectivity index (χ2v) is 5.48. The van der Waals surface area contributed by atoms with Crippen LogP contribution in [0.25, 0.3) is 0 Å². The molecule has 0 radical (unpaired) electrons. The van der Waals surface area contributed by atoms with Gasteiger partial charge in [-0.1, -0.05) is 57.9 Å². The number of hydrogen-bond acceptors (Lipinski definition) is 4. The highest BCUT2D eigenvalue weighted by atomic mass is 19.1.